The lowest BCUT2D eigenvalue weighted by Crippen LogP contribution is -2.32. The first-order valence-corrected chi connectivity index (χ1v) is 8.63. The van der Waals surface area contributed by atoms with E-state index in [0.29, 0.717) is 11.1 Å². The lowest BCUT2D eigenvalue weighted by molar-refractivity contribution is 0.200. The Hall–Kier alpha value is -2.19. The molecule has 3 aromatic rings. The first-order valence-electron chi connectivity index (χ1n) is 8.25. The molecule has 25 heavy (non-hydrogen) atoms. The maximum absolute atomic E-state index is 6.48. The summed E-state index contributed by atoms with van der Waals surface area (Å²) in [7, 11) is 1.84. The fourth-order valence-electron chi connectivity index (χ4n) is 3.30. The summed E-state index contributed by atoms with van der Waals surface area (Å²) in [5, 5.41) is 13.2. The summed E-state index contributed by atoms with van der Waals surface area (Å²) in [6.07, 6.45) is 3.38. The van der Waals surface area contributed by atoms with Crippen molar-refractivity contribution in [3.8, 4) is 11.4 Å². The van der Waals surface area contributed by atoms with Crippen LogP contribution in [0.1, 0.15) is 35.9 Å². The third kappa shape index (κ3) is 3.19. The molecule has 1 aliphatic rings. The van der Waals surface area contributed by atoms with E-state index in [4.69, 9.17) is 20.6 Å². The molecule has 0 N–H and O–H groups in total. The van der Waals surface area contributed by atoms with Crippen LogP contribution in [0.15, 0.2) is 21.5 Å². The summed E-state index contributed by atoms with van der Waals surface area (Å²) in [5.74, 6) is 1.92. The highest BCUT2D eigenvalue weighted by Crippen LogP contribution is 2.31. The fraction of sp³-hybridized carbons (Fsp3) is 0.500. The molecule has 0 spiro atoms. The number of nitrogens with zero attached hydrogens (tertiary/aromatic N) is 6. The normalized spacial score (nSPS) is 16.6. The van der Waals surface area contributed by atoms with Crippen LogP contribution in [0, 0.1) is 6.92 Å². The standard InChI is InChI=1S/C16H19ClN6O2/c1-10-7-13(20-25-10)14-12(15(17)22(2)19-14)8-23-5-3-11(4-6-23)16-18-9-24-21-16/h7,9,11H,3-6,8H2,1-2H3. The van der Waals surface area contributed by atoms with Crippen LogP contribution in [0.5, 0.6) is 0 Å². The summed E-state index contributed by atoms with van der Waals surface area (Å²) in [6, 6.07) is 1.88. The minimum atomic E-state index is 0.358. The topological polar surface area (TPSA) is 86.0 Å². The summed E-state index contributed by atoms with van der Waals surface area (Å²) in [4.78, 5) is 6.54. The second kappa shape index (κ2) is 6.61. The van der Waals surface area contributed by atoms with Crippen molar-refractivity contribution in [2.45, 2.75) is 32.2 Å². The molecular weight excluding hydrogens is 344 g/mol. The van der Waals surface area contributed by atoms with Gasteiger partial charge in [-0.1, -0.05) is 21.9 Å². The van der Waals surface area contributed by atoms with E-state index < -0.39 is 0 Å². The average Bonchev–Trinajstić information content (AvgIpc) is 3.34. The van der Waals surface area contributed by atoms with Crippen molar-refractivity contribution in [1.82, 2.24) is 30.0 Å². The molecule has 8 nitrogen and oxygen atoms in total. The maximum Gasteiger partial charge on any atom is 0.213 e. The molecule has 0 saturated carbocycles. The first kappa shape index (κ1) is 16.3. The van der Waals surface area contributed by atoms with Crippen molar-refractivity contribution in [2.75, 3.05) is 13.1 Å². The first-order chi connectivity index (χ1) is 12.1. The quantitative estimate of drug-likeness (QED) is 0.705. The molecule has 4 rings (SSSR count). The molecule has 1 fully saturated rings. The van der Waals surface area contributed by atoms with Crippen LogP contribution >= 0.6 is 11.6 Å². The van der Waals surface area contributed by atoms with Crippen molar-refractivity contribution in [2.24, 2.45) is 7.05 Å². The fourth-order valence-corrected chi connectivity index (χ4v) is 3.49. The number of likely N-dealkylation sites (tertiary alicyclic amines) is 1. The Morgan fingerprint density at radius 1 is 1.28 bits per heavy atom. The third-order valence-electron chi connectivity index (χ3n) is 4.65. The Kier molecular flexibility index (Phi) is 4.30. The average molecular weight is 363 g/mol. The summed E-state index contributed by atoms with van der Waals surface area (Å²) < 4.78 is 11.7. The second-order valence-electron chi connectivity index (χ2n) is 6.40. The monoisotopic (exact) mass is 362 g/mol. The smallest absolute Gasteiger partial charge is 0.213 e. The summed E-state index contributed by atoms with van der Waals surface area (Å²) in [6.45, 7) is 4.49. The van der Waals surface area contributed by atoms with Crippen molar-refractivity contribution < 1.29 is 9.05 Å². The predicted molar refractivity (Wildman–Crippen MR) is 90.0 cm³/mol. The van der Waals surface area contributed by atoms with E-state index in [1.165, 1.54) is 6.39 Å². The largest absolute Gasteiger partial charge is 0.361 e. The number of aromatic nitrogens is 5. The van der Waals surface area contributed by atoms with Crippen LogP contribution in [-0.2, 0) is 13.6 Å². The van der Waals surface area contributed by atoms with Gasteiger partial charge in [0, 0.05) is 31.1 Å². The third-order valence-corrected chi connectivity index (χ3v) is 5.13. The number of hydrogen-bond acceptors (Lipinski definition) is 7. The van der Waals surface area contributed by atoms with Crippen LogP contribution < -0.4 is 0 Å². The van der Waals surface area contributed by atoms with Crippen LogP contribution in [0.2, 0.25) is 5.15 Å². The van der Waals surface area contributed by atoms with Crippen molar-refractivity contribution in [1.29, 1.82) is 0 Å². The lowest BCUT2D eigenvalue weighted by Gasteiger charge is -2.30. The Balaban J connectivity index is 1.50. The van der Waals surface area contributed by atoms with Crippen molar-refractivity contribution in [3.63, 3.8) is 0 Å². The van der Waals surface area contributed by atoms with Crippen LogP contribution in [0.25, 0.3) is 11.4 Å². The van der Waals surface area contributed by atoms with Crippen molar-refractivity contribution >= 4 is 11.6 Å². The zero-order chi connectivity index (χ0) is 17.4. The minimum absolute atomic E-state index is 0.358. The van der Waals surface area contributed by atoms with Gasteiger partial charge in [-0.25, -0.2) is 0 Å². The van der Waals surface area contributed by atoms with Gasteiger partial charge in [-0.3, -0.25) is 9.58 Å². The second-order valence-corrected chi connectivity index (χ2v) is 6.76. The number of hydrogen-bond donors (Lipinski definition) is 0. The highest BCUT2D eigenvalue weighted by Gasteiger charge is 2.26. The van der Waals surface area contributed by atoms with E-state index in [1.54, 1.807) is 4.68 Å². The molecule has 4 heterocycles. The van der Waals surface area contributed by atoms with Gasteiger partial charge >= 0.3 is 0 Å². The Labute approximate surface area is 149 Å². The number of aryl methyl sites for hydroxylation is 2. The molecular formula is C16H19ClN6O2. The molecule has 0 bridgehead atoms. The Morgan fingerprint density at radius 2 is 2.08 bits per heavy atom. The van der Waals surface area contributed by atoms with Gasteiger partial charge < -0.3 is 9.05 Å². The van der Waals surface area contributed by atoms with E-state index in [-0.39, 0.29) is 0 Å². The van der Waals surface area contributed by atoms with Gasteiger partial charge in [-0.15, -0.1) is 0 Å². The van der Waals surface area contributed by atoms with Gasteiger partial charge in [0.2, 0.25) is 6.39 Å². The molecule has 1 saturated heterocycles. The van der Waals surface area contributed by atoms with Crippen molar-refractivity contribution in [3.05, 3.63) is 34.8 Å². The zero-order valence-electron chi connectivity index (χ0n) is 14.1. The van der Waals surface area contributed by atoms with Gasteiger partial charge in [0.25, 0.3) is 0 Å². The highest BCUT2D eigenvalue weighted by atomic mass is 35.5. The van der Waals surface area contributed by atoms with Gasteiger partial charge in [0.1, 0.15) is 22.3 Å². The highest BCUT2D eigenvalue weighted by molar-refractivity contribution is 6.30. The van der Waals surface area contributed by atoms with E-state index in [1.807, 2.05) is 20.0 Å². The Morgan fingerprint density at radius 3 is 2.72 bits per heavy atom. The van der Waals surface area contributed by atoms with Crippen LogP contribution in [0.4, 0.5) is 0 Å². The van der Waals surface area contributed by atoms with Gasteiger partial charge in [0.05, 0.1) is 0 Å². The van der Waals surface area contributed by atoms with E-state index >= 15 is 0 Å². The van der Waals surface area contributed by atoms with Gasteiger partial charge in [-0.2, -0.15) is 10.1 Å². The molecule has 132 valence electrons. The van der Waals surface area contributed by atoms with E-state index in [0.717, 1.165) is 61.0 Å². The Bertz CT molecular complexity index is 848. The summed E-state index contributed by atoms with van der Waals surface area (Å²) in [5.41, 5.74) is 2.48. The van der Waals surface area contributed by atoms with Gasteiger partial charge in [0.15, 0.2) is 5.82 Å². The molecule has 0 radical (unpaired) electrons. The lowest BCUT2D eigenvalue weighted by atomic mass is 9.96. The molecule has 3 aromatic heterocycles. The molecule has 0 aliphatic carbocycles. The zero-order valence-corrected chi connectivity index (χ0v) is 14.9. The molecule has 0 unspecified atom stereocenters. The number of halogens is 1. The molecule has 9 heteroatoms. The van der Waals surface area contributed by atoms with E-state index in [9.17, 15) is 0 Å². The molecule has 1 aliphatic heterocycles. The maximum atomic E-state index is 6.48. The SMILES string of the molecule is Cc1cc(-c2nn(C)c(Cl)c2CN2CCC(c3ncon3)CC2)no1. The molecule has 0 aromatic carbocycles. The minimum Gasteiger partial charge on any atom is -0.361 e. The van der Waals surface area contributed by atoms with Crippen LogP contribution in [-0.4, -0.2) is 43.1 Å². The molecule has 0 amide bonds. The molecule has 0 atom stereocenters. The van der Waals surface area contributed by atoms with Crippen LogP contribution in [0.3, 0.4) is 0 Å². The van der Waals surface area contributed by atoms with Gasteiger partial charge in [-0.05, 0) is 32.9 Å². The number of rotatable bonds is 4. The predicted octanol–water partition coefficient (Wildman–Crippen LogP) is 2.80. The van der Waals surface area contributed by atoms with E-state index in [2.05, 4.69) is 25.3 Å². The number of piperidine rings is 1. The summed E-state index contributed by atoms with van der Waals surface area (Å²) >= 11 is 6.48.